The van der Waals surface area contributed by atoms with Crippen molar-refractivity contribution >= 4 is 23.8 Å². The van der Waals surface area contributed by atoms with Gasteiger partial charge < -0.3 is 20.1 Å². The molecule has 0 aromatic rings. The fourth-order valence-corrected chi connectivity index (χ4v) is 1.03. The number of nitrogens with one attached hydrogen (secondary N) is 2. The van der Waals surface area contributed by atoms with Crippen LogP contribution in [0.4, 0.5) is 0 Å². The van der Waals surface area contributed by atoms with Gasteiger partial charge in [0.15, 0.2) is 0 Å². The fraction of sp³-hybridized carbons (Fsp3) is 0.538. The van der Waals surface area contributed by atoms with Crippen LogP contribution in [0.1, 0.15) is 13.8 Å². The normalized spacial score (nSPS) is 10.3. The Morgan fingerprint density at radius 3 is 2.24 bits per heavy atom. The van der Waals surface area contributed by atoms with Gasteiger partial charge in [-0.2, -0.15) is 0 Å². The Kier molecular flexibility index (Phi) is 9.23. The van der Waals surface area contributed by atoms with E-state index < -0.39 is 11.9 Å². The molecule has 0 bridgehead atoms. The third-order valence-corrected chi connectivity index (χ3v) is 2.17. The predicted molar refractivity (Wildman–Crippen MR) is 73.0 cm³/mol. The highest BCUT2D eigenvalue weighted by Gasteiger charge is 2.08. The fourth-order valence-electron chi connectivity index (χ4n) is 1.03. The molecule has 0 saturated heterocycles. The second kappa shape index (κ2) is 10.4. The first-order valence-electron chi connectivity index (χ1n) is 6.34. The molecule has 0 atom stereocenters. The molecular weight excluding hydrogens is 280 g/mol. The molecule has 0 saturated carbocycles. The van der Waals surface area contributed by atoms with Gasteiger partial charge in [-0.1, -0.05) is 13.8 Å². The minimum Gasteiger partial charge on any atom is -0.466 e. The maximum Gasteiger partial charge on any atom is 0.331 e. The lowest BCUT2D eigenvalue weighted by Gasteiger charge is -2.08. The molecule has 0 aliphatic carbocycles. The third-order valence-electron chi connectivity index (χ3n) is 2.17. The van der Waals surface area contributed by atoms with E-state index in [2.05, 4.69) is 15.4 Å². The minimum atomic E-state index is -0.720. The van der Waals surface area contributed by atoms with Crippen molar-refractivity contribution in [3.63, 3.8) is 0 Å². The van der Waals surface area contributed by atoms with E-state index in [9.17, 15) is 19.2 Å². The smallest absolute Gasteiger partial charge is 0.331 e. The van der Waals surface area contributed by atoms with E-state index in [0.29, 0.717) is 0 Å². The first kappa shape index (κ1) is 18.6. The van der Waals surface area contributed by atoms with E-state index in [0.717, 1.165) is 12.2 Å². The summed E-state index contributed by atoms with van der Waals surface area (Å²) in [7, 11) is 1.19. The van der Waals surface area contributed by atoms with Gasteiger partial charge in [0.1, 0.15) is 6.61 Å². The van der Waals surface area contributed by atoms with Crippen molar-refractivity contribution in [1.29, 1.82) is 0 Å². The Hall–Kier alpha value is -2.38. The van der Waals surface area contributed by atoms with Crippen molar-refractivity contribution in [3.8, 4) is 0 Å². The van der Waals surface area contributed by atoms with Crippen molar-refractivity contribution in [2.75, 3.05) is 26.8 Å². The zero-order valence-corrected chi connectivity index (χ0v) is 12.3. The molecule has 21 heavy (non-hydrogen) atoms. The largest absolute Gasteiger partial charge is 0.466 e. The summed E-state index contributed by atoms with van der Waals surface area (Å²) < 4.78 is 9.01. The van der Waals surface area contributed by atoms with Crippen LogP contribution in [0.25, 0.3) is 0 Å². The lowest BCUT2D eigenvalue weighted by molar-refractivity contribution is -0.139. The molecule has 0 spiro atoms. The summed E-state index contributed by atoms with van der Waals surface area (Å²) in [5, 5.41) is 4.91. The molecule has 118 valence electrons. The molecule has 0 aliphatic heterocycles. The SMILES string of the molecule is COC(=O)C=CC(=O)OCCNC(=O)CNC(=O)C(C)C. The van der Waals surface area contributed by atoms with Gasteiger partial charge >= 0.3 is 11.9 Å². The van der Waals surface area contributed by atoms with E-state index in [1.54, 1.807) is 13.8 Å². The number of ether oxygens (including phenoxy) is 2. The summed E-state index contributed by atoms with van der Waals surface area (Å²) in [5.41, 5.74) is 0. The molecule has 0 unspecified atom stereocenters. The number of rotatable bonds is 8. The van der Waals surface area contributed by atoms with E-state index in [4.69, 9.17) is 4.74 Å². The number of methoxy groups -OCH3 is 1. The number of hydrogen-bond acceptors (Lipinski definition) is 6. The molecule has 0 fully saturated rings. The highest BCUT2D eigenvalue weighted by atomic mass is 16.5. The molecule has 0 heterocycles. The number of hydrogen-bond donors (Lipinski definition) is 2. The average molecular weight is 300 g/mol. The van der Waals surface area contributed by atoms with Crippen LogP contribution in [-0.4, -0.2) is 50.6 Å². The predicted octanol–water partition coefficient (Wildman–Crippen LogP) is -0.853. The van der Waals surface area contributed by atoms with Gasteiger partial charge in [-0.25, -0.2) is 9.59 Å². The van der Waals surface area contributed by atoms with E-state index >= 15 is 0 Å². The molecule has 2 N–H and O–H groups in total. The molecule has 8 heteroatoms. The second-order valence-electron chi connectivity index (χ2n) is 4.25. The summed E-state index contributed by atoms with van der Waals surface area (Å²) >= 11 is 0. The van der Waals surface area contributed by atoms with Gasteiger partial charge in [0.25, 0.3) is 0 Å². The Morgan fingerprint density at radius 2 is 1.67 bits per heavy atom. The van der Waals surface area contributed by atoms with Crippen molar-refractivity contribution < 1.29 is 28.7 Å². The number of carbonyl (C=O) groups is 4. The summed E-state index contributed by atoms with van der Waals surface area (Å²) in [6.07, 6.45) is 1.86. The van der Waals surface area contributed by atoms with Gasteiger partial charge in [-0.3, -0.25) is 9.59 Å². The van der Waals surface area contributed by atoms with Gasteiger partial charge in [0.05, 0.1) is 20.2 Å². The van der Waals surface area contributed by atoms with Gasteiger partial charge in [0.2, 0.25) is 11.8 Å². The molecule has 0 radical (unpaired) electrons. The lowest BCUT2D eigenvalue weighted by atomic mass is 10.2. The molecule has 0 aliphatic rings. The van der Waals surface area contributed by atoms with E-state index in [1.165, 1.54) is 7.11 Å². The van der Waals surface area contributed by atoms with Crippen LogP contribution in [0.3, 0.4) is 0 Å². The van der Waals surface area contributed by atoms with Crippen molar-refractivity contribution in [3.05, 3.63) is 12.2 Å². The summed E-state index contributed by atoms with van der Waals surface area (Å²) in [6.45, 7) is 3.36. The Morgan fingerprint density at radius 1 is 1.05 bits per heavy atom. The first-order valence-corrected chi connectivity index (χ1v) is 6.34. The zero-order valence-electron chi connectivity index (χ0n) is 12.3. The Bertz CT molecular complexity index is 417. The summed E-state index contributed by atoms with van der Waals surface area (Å²) in [6, 6.07) is 0. The molecule has 2 amide bonds. The monoisotopic (exact) mass is 300 g/mol. The maximum atomic E-state index is 11.3. The molecule has 0 rings (SSSR count). The van der Waals surface area contributed by atoms with Crippen LogP contribution in [0, 0.1) is 5.92 Å². The zero-order chi connectivity index (χ0) is 16.3. The van der Waals surface area contributed by atoms with Crippen LogP contribution < -0.4 is 10.6 Å². The quantitative estimate of drug-likeness (QED) is 0.343. The van der Waals surface area contributed by atoms with Crippen LogP contribution in [0.5, 0.6) is 0 Å². The van der Waals surface area contributed by atoms with Gasteiger partial charge in [0, 0.05) is 18.1 Å². The Labute approximate surface area is 122 Å². The molecule has 0 aromatic heterocycles. The van der Waals surface area contributed by atoms with Crippen molar-refractivity contribution in [1.82, 2.24) is 10.6 Å². The van der Waals surface area contributed by atoms with Crippen molar-refractivity contribution in [2.24, 2.45) is 5.92 Å². The standard InChI is InChI=1S/C13H20N2O6/c1-9(2)13(19)15-8-10(16)14-6-7-21-12(18)5-4-11(17)20-3/h4-5,9H,6-8H2,1-3H3,(H,14,16)(H,15,19). The first-order chi connectivity index (χ1) is 9.86. The lowest BCUT2D eigenvalue weighted by Crippen LogP contribution is -2.39. The third kappa shape index (κ3) is 10.1. The molecule has 8 nitrogen and oxygen atoms in total. The highest BCUT2D eigenvalue weighted by Crippen LogP contribution is 1.89. The topological polar surface area (TPSA) is 111 Å². The van der Waals surface area contributed by atoms with Crippen LogP contribution in [-0.2, 0) is 28.7 Å². The number of esters is 2. The number of amides is 2. The van der Waals surface area contributed by atoms with Gasteiger partial charge in [-0.15, -0.1) is 0 Å². The van der Waals surface area contributed by atoms with E-state index in [1.807, 2.05) is 0 Å². The molecular formula is C13H20N2O6. The number of carbonyl (C=O) groups excluding carboxylic acids is 4. The van der Waals surface area contributed by atoms with Crippen LogP contribution in [0.2, 0.25) is 0 Å². The summed E-state index contributed by atoms with van der Waals surface area (Å²) in [4.78, 5) is 44.4. The second-order valence-corrected chi connectivity index (χ2v) is 4.25. The Balaban J connectivity index is 3.73. The van der Waals surface area contributed by atoms with Crippen LogP contribution in [0.15, 0.2) is 12.2 Å². The average Bonchev–Trinajstić information content (AvgIpc) is 2.46. The molecule has 0 aromatic carbocycles. The maximum absolute atomic E-state index is 11.3. The highest BCUT2D eigenvalue weighted by molar-refractivity contribution is 5.91. The van der Waals surface area contributed by atoms with Gasteiger partial charge in [-0.05, 0) is 0 Å². The van der Waals surface area contributed by atoms with Crippen LogP contribution >= 0.6 is 0 Å². The minimum absolute atomic E-state index is 0.0474. The van der Waals surface area contributed by atoms with E-state index in [-0.39, 0.29) is 37.4 Å². The van der Waals surface area contributed by atoms with Crippen molar-refractivity contribution in [2.45, 2.75) is 13.8 Å². The summed E-state index contributed by atoms with van der Waals surface area (Å²) in [5.74, 6) is -2.18.